The number of nitrogens with one attached hydrogen (secondary N) is 1. The van der Waals surface area contributed by atoms with Crippen LogP contribution in [0.25, 0.3) is 0 Å². The number of esters is 1. The molecule has 1 aromatic rings. The average molecular weight is 245 g/mol. The van der Waals surface area contributed by atoms with Crippen molar-refractivity contribution in [1.82, 2.24) is 5.32 Å². The highest BCUT2D eigenvalue weighted by atomic mass is 16.5. The molecule has 1 unspecified atom stereocenters. The maximum absolute atomic E-state index is 11.9. The summed E-state index contributed by atoms with van der Waals surface area (Å²) in [5.41, 5.74) is 4.25. The second-order valence-electron chi connectivity index (χ2n) is 4.35. The first kappa shape index (κ1) is 14.3. The zero-order valence-electron chi connectivity index (χ0n) is 11.3. The average Bonchev–Trinajstić information content (AvgIpc) is 2.31. The van der Waals surface area contributed by atoms with E-state index in [1.54, 1.807) is 0 Å². The summed E-state index contributed by atoms with van der Waals surface area (Å²) in [7, 11) is 1.38. The zero-order valence-corrected chi connectivity index (χ0v) is 11.3. The van der Waals surface area contributed by atoms with E-state index in [0.717, 1.165) is 16.7 Å². The Morgan fingerprint density at radius 2 is 1.94 bits per heavy atom. The largest absolute Gasteiger partial charge is 0.468 e. The van der Waals surface area contributed by atoms with E-state index >= 15 is 0 Å². The van der Waals surface area contributed by atoms with Crippen LogP contribution < -0.4 is 5.32 Å². The summed E-state index contributed by atoms with van der Waals surface area (Å²) < 4.78 is 4.83. The third-order valence-corrected chi connectivity index (χ3v) is 2.87. The zero-order chi connectivity index (χ0) is 13.7. The third kappa shape index (κ3) is 3.12. The van der Waals surface area contributed by atoms with Crippen molar-refractivity contribution in [3.8, 4) is 12.3 Å². The van der Waals surface area contributed by atoms with Gasteiger partial charge in [0.05, 0.1) is 13.7 Å². The van der Waals surface area contributed by atoms with Crippen LogP contribution in [0.2, 0.25) is 0 Å². The van der Waals surface area contributed by atoms with Crippen molar-refractivity contribution in [2.75, 3.05) is 13.7 Å². The number of terminal acetylenes is 1. The molecule has 0 saturated heterocycles. The molecule has 1 atom stereocenters. The lowest BCUT2D eigenvalue weighted by Crippen LogP contribution is -2.31. The maximum Gasteiger partial charge on any atom is 0.327 e. The Balaban J connectivity index is 3.21. The Kier molecular flexibility index (Phi) is 4.94. The normalized spacial score (nSPS) is 11.7. The van der Waals surface area contributed by atoms with Crippen molar-refractivity contribution < 1.29 is 9.53 Å². The highest BCUT2D eigenvalue weighted by Gasteiger charge is 2.24. The smallest absolute Gasteiger partial charge is 0.327 e. The summed E-state index contributed by atoms with van der Waals surface area (Å²) in [5, 5.41) is 3.03. The molecule has 0 heterocycles. The molecule has 0 bridgehead atoms. The van der Waals surface area contributed by atoms with Gasteiger partial charge in [-0.25, -0.2) is 4.79 Å². The van der Waals surface area contributed by atoms with E-state index in [1.807, 2.05) is 20.8 Å². The molecule has 0 aliphatic carbocycles. The Morgan fingerprint density at radius 1 is 1.39 bits per heavy atom. The first-order valence-electron chi connectivity index (χ1n) is 5.83. The Hall–Kier alpha value is -1.79. The van der Waals surface area contributed by atoms with Gasteiger partial charge in [-0.1, -0.05) is 23.6 Å². The van der Waals surface area contributed by atoms with Crippen LogP contribution in [0.5, 0.6) is 0 Å². The van der Waals surface area contributed by atoms with E-state index in [9.17, 15) is 4.79 Å². The first-order valence-corrected chi connectivity index (χ1v) is 5.83. The summed E-state index contributed by atoms with van der Waals surface area (Å²) in [6.45, 7) is 6.34. The summed E-state index contributed by atoms with van der Waals surface area (Å²) in [6, 6.07) is 3.60. The fourth-order valence-electron chi connectivity index (χ4n) is 2.23. The number of carbonyl (C=O) groups excluding carboxylic acids is 1. The molecule has 0 radical (unpaired) electrons. The van der Waals surface area contributed by atoms with Crippen LogP contribution in [0.15, 0.2) is 12.1 Å². The molecule has 96 valence electrons. The van der Waals surface area contributed by atoms with Crippen molar-refractivity contribution in [1.29, 1.82) is 0 Å². The minimum Gasteiger partial charge on any atom is -0.468 e. The molecule has 0 fully saturated rings. The minimum absolute atomic E-state index is 0.319. The molecule has 0 amide bonds. The summed E-state index contributed by atoms with van der Waals surface area (Å²) in [5.74, 6) is 2.16. The SMILES string of the molecule is C#CCNC(C(=O)OC)c1c(C)cc(C)cc1C. The molecule has 1 N–H and O–H groups in total. The Bertz CT molecular complexity index is 463. The molecule has 0 spiro atoms. The number of hydrogen-bond donors (Lipinski definition) is 1. The molecule has 1 aromatic carbocycles. The number of aryl methyl sites for hydroxylation is 3. The van der Waals surface area contributed by atoms with Crippen molar-refractivity contribution in [2.45, 2.75) is 26.8 Å². The number of rotatable bonds is 4. The van der Waals surface area contributed by atoms with Gasteiger partial charge in [0, 0.05) is 0 Å². The molecule has 3 heteroatoms. The standard InChI is InChI=1S/C15H19NO2/c1-6-7-16-14(15(17)18-5)13-11(3)8-10(2)9-12(13)4/h1,8-9,14,16H,7H2,2-5H3. The lowest BCUT2D eigenvalue weighted by atomic mass is 9.94. The summed E-state index contributed by atoms with van der Waals surface area (Å²) >= 11 is 0. The predicted octanol–water partition coefficient (Wildman–Crippen LogP) is 2.05. The summed E-state index contributed by atoms with van der Waals surface area (Å²) in [4.78, 5) is 11.9. The van der Waals surface area contributed by atoms with Crippen LogP contribution in [-0.2, 0) is 9.53 Å². The van der Waals surface area contributed by atoms with Crippen molar-refractivity contribution >= 4 is 5.97 Å². The fraction of sp³-hybridized carbons (Fsp3) is 0.400. The highest BCUT2D eigenvalue weighted by molar-refractivity contribution is 5.78. The molecular weight excluding hydrogens is 226 g/mol. The predicted molar refractivity (Wildman–Crippen MR) is 72.2 cm³/mol. The molecule has 18 heavy (non-hydrogen) atoms. The molecule has 1 rings (SSSR count). The van der Waals surface area contributed by atoms with Gasteiger partial charge < -0.3 is 4.74 Å². The number of hydrogen-bond acceptors (Lipinski definition) is 3. The van der Waals surface area contributed by atoms with Crippen molar-refractivity contribution in [3.05, 3.63) is 34.4 Å². The summed E-state index contributed by atoms with van der Waals surface area (Å²) in [6.07, 6.45) is 5.23. The van der Waals surface area contributed by atoms with Gasteiger partial charge in [-0.2, -0.15) is 0 Å². The lowest BCUT2D eigenvalue weighted by molar-refractivity contribution is -0.143. The van der Waals surface area contributed by atoms with Gasteiger partial charge in [-0.05, 0) is 37.5 Å². The topological polar surface area (TPSA) is 38.3 Å². The number of methoxy groups -OCH3 is 1. The monoisotopic (exact) mass is 245 g/mol. The van der Waals surface area contributed by atoms with Gasteiger partial charge in [0.1, 0.15) is 6.04 Å². The van der Waals surface area contributed by atoms with Crippen LogP contribution in [0.4, 0.5) is 0 Å². The van der Waals surface area contributed by atoms with E-state index in [4.69, 9.17) is 11.2 Å². The van der Waals surface area contributed by atoms with E-state index in [-0.39, 0.29) is 5.97 Å². The van der Waals surface area contributed by atoms with Gasteiger partial charge in [0.2, 0.25) is 0 Å². The molecular formula is C15H19NO2. The van der Waals surface area contributed by atoms with Crippen LogP contribution >= 0.6 is 0 Å². The van der Waals surface area contributed by atoms with E-state index < -0.39 is 6.04 Å². The van der Waals surface area contributed by atoms with E-state index in [1.165, 1.54) is 12.7 Å². The van der Waals surface area contributed by atoms with Gasteiger partial charge >= 0.3 is 5.97 Å². The second kappa shape index (κ2) is 6.23. The lowest BCUT2D eigenvalue weighted by Gasteiger charge is -2.20. The molecule has 0 aliphatic heterocycles. The van der Waals surface area contributed by atoms with Crippen molar-refractivity contribution in [2.24, 2.45) is 0 Å². The maximum atomic E-state index is 11.9. The van der Waals surface area contributed by atoms with E-state index in [0.29, 0.717) is 6.54 Å². The third-order valence-electron chi connectivity index (χ3n) is 2.87. The van der Waals surface area contributed by atoms with Gasteiger partial charge in [-0.3, -0.25) is 5.32 Å². The van der Waals surface area contributed by atoms with Gasteiger partial charge in [0.25, 0.3) is 0 Å². The first-order chi connectivity index (χ1) is 8.51. The number of benzene rings is 1. The van der Waals surface area contributed by atoms with Crippen LogP contribution in [0.3, 0.4) is 0 Å². The molecule has 0 aromatic heterocycles. The Labute approximate surface area is 109 Å². The van der Waals surface area contributed by atoms with Crippen LogP contribution in [0.1, 0.15) is 28.3 Å². The van der Waals surface area contributed by atoms with Crippen LogP contribution in [-0.4, -0.2) is 19.6 Å². The fourth-order valence-corrected chi connectivity index (χ4v) is 2.23. The number of carbonyl (C=O) groups is 1. The molecule has 0 saturated carbocycles. The van der Waals surface area contributed by atoms with Gasteiger partial charge in [-0.15, -0.1) is 6.42 Å². The minimum atomic E-state index is -0.508. The van der Waals surface area contributed by atoms with Crippen LogP contribution in [0, 0.1) is 33.1 Å². The number of ether oxygens (including phenoxy) is 1. The van der Waals surface area contributed by atoms with Crippen molar-refractivity contribution in [3.63, 3.8) is 0 Å². The highest BCUT2D eigenvalue weighted by Crippen LogP contribution is 2.24. The molecule has 0 aliphatic rings. The quantitative estimate of drug-likeness (QED) is 0.651. The van der Waals surface area contributed by atoms with E-state index in [2.05, 4.69) is 23.4 Å². The Morgan fingerprint density at radius 3 is 2.39 bits per heavy atom. The van der Waals surface area contributed by atoms with Gasteiger partial charge in [0.15, 0.2) is 0 Å². The molecule has 3 nitrogen and oxygen atoms in total. The second-order valence-corrected chi connectivity index (χ2v) is 4.35.